The van der Waals surface area contributed by atoms with Crippen molar-refractivity contribution >= 4 is 33.7 Å². The second-order valence-corrected chi connectivity index (χ2v) is 8.62. The number of pyridine rings is 2. The summed E-state index contributed by atoms with van der Waals surface area (Å²) in [6.07, 6.45) is 4.17. The first-order chi connectivity index (χ1) is 10.8. The van der Waals surface area contributed by atoms with E-state index in [4.69, 9.17) is 16.3 Å². The van der Waals surface area contributed by atoms with Crippen LogP contribution in [-0.4, -0.2) is 26.4 Å². The number of ether oxygens (including phenoxy) is 1. The summed E-state index contributed by atoms with van der Waals surface area (Å²) < 4.78 is 20.6. The lowest BCUT2D eigenvalue weighted by molar-refractivity contribution is 0.402. The molecule has 2 heterocycles. The summed E-state index contributed by atoms with van der Waals surface area (Å²) in [6.45, 7) is 7.85. The normalized spacial score (nSPS) is 14.7. The molecule has 2 unspecified atom stereocenters. The number of hydrogen-bond acceptors (Lipinski definition) is 5. The Balaban J connectivity index is 2.50. The summed E-state index contributed by atoms with van der Waals surface area (Å²) >= 11 is 4.88. The fraction of sp³-hybridized carbons (Fsp3) is 0.500. The number of methoxy groups -OCH3 is 1. The summed E-state index contributed by atoms with van der Waals surface area (Å²) in [4.78, 5) is 8.46. The minimum atomic E-state index is -1.18. The molecule has 1 N–H and O–H groups in total. The molecule has 2 atom stereocenters. The van der Waals surface area contributed by atoms with E-state index in [1.807, 2.05) is 27.7 Å². The van der Waals surface area contributed by atoms with Gasteiger partial charge in [-0.05, 0) is 38.6 Å². The van der Waals surface area contributed by atoms with Gasteiger partial charge in [-0.3, -0.25) is 0 Å². The van der Waals surface area contributed by atoms with Crippen molar-refractivity contribution in [2.75, 3.05) is 7.11 Å². The second-order valence-electron chi connectivity index (χ2n) is 6.24. The van der Waals surface area contributed by atoms with Crippen molar-refractivity contribution in [1.29, 1.82) is 0 Å². The van der Waals surface area contributed by atoms with Gasteiger partial charge in [-0.1, -0.05) is 18.5 Å². The number of nitrogens with zero attached hydrogens (tertiary/aromatic N) is 2. The van der Waals surface area contributed by atoms with Gasteiger partial charge in [0.2, 0.25) is 5.88 Å². The van der Waals surface area contributed by atoms with E-state index in [0.717, 1.165) is 22.8 Å². The zero-order chi connectivity index (χ0) is 17.2. The Bertz CT molecular complexity index is 691. The van der Waals surface area contributed by atoms with Crippen molar-refractivity contribution in [3.8, 4) is 5.88 Å². The third kappa shape index (κ3) is 4.07. The number of hydrogen-bond donors (Lipinski definition) is 1. The Morgan fingerprint density at radius 1 is 1.30 bits per heavy atom. The minimum absolute atomic E-state index is 0.102. The van der Waals surface area contributed by atoms with E-state index in [1.54, 1.807) is 25.6 Å². The Labute approximate surface area is 145 Å². The predicted octanol–water partition coefficient (Wildman–Crippen LogP) is 3.79. The number of halogens is 1. The quantitative estimate of drug-likeness (QED) is 0.652. The lowest BCUT2D eigenvalue weighted by Crippen LogP contribution is -2.41. The van der Waals surface area contributed by atoms with Crippen LogP contribution in [-0.2, 0) is 11.4 Å². The Kier molecular flexibility index (Phi) is 5.73. The van der Waals surface area contributed by atoms with Gasteiger partial charge in [0.05, 0.1) is 18.5 Å². The van der Waals surface area contributed by atoms with Crippen LogP contribution in [0.25, 0.3) is 10.8 Å². The molecule has 0 bridgehead atoms. The van der Waals surface area contributed by atoms with E-state index < -0.39 is 11.4 Å². The van der Waals surface area contributed by atoms with Gasteiger partial charge >= 0.3 is 0 Å². The molecule has 5 nitrogen and oxygen atoms in total. The van der Waals surface area contributed by atoms with E-state index in [2.05, 4.69) is 14.7 Å². The minimum Gasteiger partial charge on any atom is -0.598 e. The Hall–Kier alpha value is -1.08. The molecule has 0 saturated carbocycles. The molecule has 2 aromatic rings. The summed E-state index contributed by atoms with van der Waals surface area (Å²) in [7, 11) is 1.57. The molecule has 0 saturated heterocycles. The highest BCUT2D eigenvalue weighted by Gasteiger charge is 2.30. The highest BCUT2D eigenvalue weighted by Crippen LogP contribution is 2.32. The van der Waals surface area contributed by atoms with Crippen molar-refractivity contribution in [3.63, 3.8) is 0 Å². The van der Waals surface area contributed by atoms with Crippen molar-refractivity contribution in [1.82, 2.24) is 14.7 Å². The smallest absolute Gasteiger partial charge is 0.222 e. The average Bonchev–Trinajstić information content (AvgIpc) is 2.50. The SMILES string of the molecule is CCC(N[S+]([O-])C(C)(C)C)c1cnc(OC)c2cnc(Cl)cc12. The fourth-order valence-electron chi connectivity index (χ4n) is 2.22. The lowest BCUT2D eigenvalue weighted by atomic mass is 10.0. The predicted molar refractivity (Wildman–Crippen MR) is 95.2 cm³/mol. The topological polar surface area (TPSA) is 70.1 Å². The maximum Gasteiger partial charge on any atom is 0.222 e. The first kappa shape index (κ1) is 18.3. The maximum atomic E-state index is 12.4. The third-order valence-electron chi connectivity index (χ3n) is 3.52. The monoisotopic (exact) mass is 355 g/mol. The first-order valence-corrected chi connectivity index (χ1v) is 8.97. The van der Waals surface area contributed by atoms with Crippen LogP contribution in [0.4, 0.5) is 0 Å². The molecule has 0 aliphatic heterocycles. The molecular formula is C16H22ClN3O2S. The zero-order valence-corrected chi connectivity index (χ0v) is 15.6. The van der Waals surface area contributed by atoms with E-state index in [1.165, 1.54) is 0 Å². The summed E-state index contributed by atoms with van der Waals surface area (Å²) in [5.41, 5.74) is 0.935. The molecule has 0 radical (unpaired) electrons. The largest absolute Gasteiger partial charge is 0.598 e. The van der Waals surface area contributed by atoms with Gasteiger partial charge in [-0.15, -0.1) is 4.72 Å². The highest BCUT2D eigenvalue weighted by molar-refractivity contribution is 7.90. The molecule has 0 aliphatic carbocycles. The molecule has 0 fully saturated rings. The van der Waals surface area contributed by atoms with Crippen LogP contribution in [0.3, 0.4) is 0 Å². The first-order valence-electron chi connectivity index (χ1n) is 7.44. The highest BCUT2D eigenvalue weighted by atomic mass is 35.5. The van der Waals surface area contributed by atoms with E-state index in [0.29, 0.717) is 11.0 Å². The molecule has 7 heteroatoms. The van der Waals surface area contributed by atoms with Crippen LogP contribution < -0.4 is 9.46 Å². The molecular weight excluding hydrogens is 334 g/mol. The Morgan fingerprint density at radius 2 is 2.00 bits per heavy atom. The standard InChI is InChI=1S/C16H22ClN3O2S/c1-6-13(20-23(21)16(2,3)4)11-8-19-15(22-5)12-9-18-14(17)7-10(11)12/h7-9,13,20H,6H2,1-5H3. The number of fused-ring (bicyclic) bond motifs is 1. The van der Waals surface area contributed by atoms with Crippen LogP contribution in [0.2, 0.25) is 5.15 Å². The van der Waals surface area contributed by atoms with Crippen molar-refractivity contribution in [2.24, 2.45) is 0 Å². The van der Waals surface area contributed by atoms with Crippen LogP contribution in [0, 0.1) is 0 Å². The van der Waals surface area contributed by atoms with Gasteiger partial charge in [0, 0.05) is 29.3 Å². The fourth-order valence-corrected chi connectivity index (χ4v) is 3.28. The molecule has 0 spiro atoms. The average molecular weight is 356 g/mol. The molecule has 0 amide bonds. The van der Waals surface area contributed by atoms with Gasteiger partial charge in [-0.25, -0.2) is 9.97 Å². The summed E-state index contributed by atoms with van der Waals surface area (Å²) in [5, 5.41) is 2.09. The summed E-state index contributed by atoms with van der Waals surface area (Å²) in [5.74, 6) is 0.500. The van der Waals surface area contributed by atoms with Crippen molar-refractivity contribution in [2.45, 2.75) is 44.9 Å². The van der Waals surface area contributed by atoms with Crippen LogP contribution in [0.15, 0.2) is 18.5 Å². The van der Waals surface area contributed by atoms with Crippen LogP contribution in [0.1, 0.15) is 45.7 Å². The van der Waals surface area contributed by atoms with Gasteiger partial charge in [0.1, 0.15) is 9.90 Å². The molecule has 2 rings (SSSR count). The molecule has 23 heavy (non-hydrogen) atoms. The molecule has 2 aromatic heterocycles. The number of rotatable bonds is 5. The van der Waals surface area contributed by atoms with E-state index >= 15 is 0 Å². The summed E-state index contributed by atoms with van der Waals surface area (Å²) in [6, 6.07) is 1.69. The van der Waals surface area contributed by atoms with Gasteiger partial charge < -0.3 is 9.29 Å². The number of aromatic nitrogens is 2. The maximum absolute atomic E-state index is 12.4. The van der Waals surface area contributed by atoms with E-state index in [-0.39, 0.29) is 10.8 Å². The van der Waals surface area contributed by atoms with Crippen LogP contribution in [0.5, 0.6) is 5.88 Å². The Morgan fingerprint density at radius 3 is 2.57 bits per heavy atom. The zero-order valence-electron chi connectivity index (χ0n) is 14.0. The van der Waals surface area contributed by atoms with Crippen molar-refractivity contribution in [3.05, 3.63) is 29.2 Å². The molecule has 0 aliphatic rings. The molecule has 126 valence electrons. The lowest BCUT2D eigenvalue weighted by Gasteiger charge is -2.28. The molecule has 0 aromatic carbocycles. The van der Waals surface area contributed by atoms with E-state index in [9.17, 15) is 4.55 Å². The third-order valence-corrected chi connectivity index (χ3v) is 5.33. The number of nitrogens with one attached hydrogen (secondary N) is 1. The van der Waals surface area contributed by atoms with Gasteiger partial charge in [0.25, 0.3) is 0 Å². The van der Waals surface area contributed by atoms with Crippen LogP contribution >= 0.6 is 11.6 Å². The van der Waals surface area contributed by atoms with Gasteiger partial charge in [0.15, 0.2) is 0 Å². The second kappa shape index (κ2) is 7.21. The van der Waals surface area contributed by atoms with Gasteiger partial charge in [-0.2, -0.15) is 0 Å². The van der Waals surface area contributed by atoms with Crippen molar-refractivity contribution < 1.29 is 9.29 Å².